The van der Waals surface area contributed by atoms with E-state index in [1.54, 1.807) is 12.1 Å². The van der Waals surface area contributed by atoms with Gasteiger partial charge in [0.05, 0.1) is 6.67 Å². The Kier molecular flexibility index (Phi) is 5.49. The van der Waals surface area contributed by atoms with Gasteiger partial charge in [0, 0.05) is 29.2 Å². The van der Waals surface area contributed by atoms with Crippen LogP contribution in [0.15, 0.2) is 42.5 Å². The van der Waals surface area contributed by atoms with Crippen LogP contribution < -0.4 is 10.6 Å². The van der Waals surface area contributed by atoms with E-state index in [1.807, 2.05) is 12.1 Å². The zero-order chi connectivity index (χ0) is 18.7. The summed E-state index contributed by atoms with van der Waals surface area (Å²) in [4.78, 5) is 25.7. The van der Waals surface area contributed by atoms with E-state index in [0.717, 1.165) is 17.7 Å². The van der Waals surface area contributed by atoms with Crippen LogP contribution in [0.2, 0.25) is 5.02 Å². The number of benzene rings is 2. The molecule has 1 heterocycles. The second kappa shape index (κ2) is 7.80. The molecule has 2 aromatic rings. The van der Waals surface area contributed by atoms with Crippen LogP contribution in [0.25, 0.3) is 0 Å². The van der Waals surface area contributed by atoms with Crippen molar-refractivity contribution in [1.29, 1.82) is 0 Å². The molecule has 0 aliphatic carbocycles. The number of rotatable bonds is 4. The summed E-state index contributed by atoms with van der Waals surface area (Å²) in [5.41, 5.74) is 1.07. The van der Waals surface area contributed by atoms with Gasteiger partial charge in [-0.3, -0.25) is 14.9 Å². The second-order valence-corrected chi connectivity index (χ2v) is 6.38. The molecule has 1 fully saturated rings. The van der Waals surface area contributed by atoms with E-state index >= 15 is 0 Å². The Morgan fingerprint density at radius 1 is 1.19 bits per heavy atom. The van der Waals surface area contributed by atoms with E-state index in [4.69, 9.17) is 11.6 Å². The van der Waals surface area contributed by atoms with Crippen molar-refractivity contribution in [2.75, 3.05) is 18.5 Å². The van der Waals surface area contributed by atoms with Gasteiger partial charge in [-0.05, 0) is 29.8 Å². The third kappa shape index (κ3) is 4.36. The first kappa shape index (κ1) is 18.3. The third-order valence-corrected chi connectivity index (χ3v) is 4.32. The lowest BCUT2D eigenvalue weighted by Gasteiger charge is -2.32. The molecule has 5 nitrogen and oxygen atoms in total. The highest BCUT2D eigenvalue weighted by Gasteiger charge is 2.27. The lowest BCUT2D eigenvalue weighted by molar-refractivity contribution is -0.138. The zero-order valence-electron chi connectivity index (χ0n) is 13.6. The number of carbonyl (C=O) groups excluding carboxylic acids is 2. The molecule has 8 heteroatoms. The lowest BCUT2D eigenvalue weighted by Crippen LogP contribution is -2.49. The average molecular weight is 380 g/mol. The van der Waals surface area contributed by atoms with Gasteiger partial charge in [-0.15, -0.1) is 0 Å². The van der Waals surface area contributed by atoms with Crippen LogP contribution in [0.3, 0.4) is 0 Å². The first-order valence-corrected chi connectivity index (χ1v) is 8.31. The number of hydrogen-bond donors (Lipinski definition) is 2. The van der Waals surface area contributed by atoms with Gasteiger partial charge in [0.1, 0.15) is 6.54 Å². The quantitative estimate of drug-likeness (QED) is 0.858. The molecule has 1 unspecified atom stereocenters. The fourth-order valence-corrected chi connectivity index (χ4v) is 2.83. The Bertz CT molecular complexity index is 830. The molecule has 0 radical (unpaired) electrons. The number of anilines is 1. The van der Waals surface area contributed by atoms with Crippen molar-refractivity contribution in [3.8, 4) is 0 Å². The van der Waals surface area contributed by atoms with E-state index in [2.05, 4.69) is 10.6 Å². The molecule has 0 spiro atoms. The van der Waals surface area contributed by atoms with Gasteiger partial charge in [-0.1, -0.05) is 23.7 Å². The largest absolute Gasteiger partial charge is 0.324 e. The smallest absolute Gasteiger partial charge is 0.244 e. The maximum Gasteiger partial charge on any atom is 0.244 e. The van der Waals surface area contributed by atoms with Gasteiger partial charge in [-0.25, -0.2) is 8.78 Å². The van der Waals surface area contributed by atoms with Crippen LogP contribution in [0.5, 0.6) is 0 Å². The van der Waals surface area contributed by atoms with Crippen molar-refractivity contribution in [2.45, 2.75) is 12.5 Å². The van der Waals surface area contributed by atoms with Gasteiger partial charge in [-0.2, -0.15) is 0 Å². The number of halogens is 3. The first-order chi connectivity index (χ1) is 12.4. The van der Waals surface area contributed by atoms with Crippen molar-refractivity contribution in [3.63, 3.8) is 0 Å². The number of hydrogen-bond acceptors (Lipinski definition) is 3. The van der Waals surface area contributed by atoms with Gasteiger partial charge >= 0.3 is 0 Å². The highest BCUT2D eigenvalue weighted by molar-refractivity contribution is 6.30. The van der Waals surface area contributed by atoms with E-state index < -0.39 is 17.5 Å². The summed E-state index contributed by atoms with van der Waals surface area (Å²) >= 11 is 5.86. The Morgan fingerprint density at radius 2 is 1.92 bits per heavy atom. The summed E-state index contributed by atoms with van der Waals surface area (Å²) in [5.74, 6) is -2.71. The minimum atomic E-state index is -1.05. The van der Waals surface area contributed by atoms with Crippen molar-refractivity contribution < 1.29 is 18.4 Å². The standard InChI is InChI=1S/C18H16ClF2N3O2/c19-12-3-1-11(2-4-12)16-8-18(26)24(10-22-16)9-17(25)23-13-5-6-14(20)15(21)7-13/h1-7,16,22H,8-10H2,(H,23,25). The molecule has 0 aromatic heterocycles. The Hall–Kier alpha value is -2.51. The second-order valence-electron chi connectivity index (χ2n) is 5.94. The molecule has 1 aliphatic heterocycles. The van der Waals surface area contributed by atoms with Gasteiger partial charge in [0.25, 0.3) is 0 Å². The Labute approximate surface area is 153 Å². The fourth-order valence-electron chi connectivity index (χ4n) is 2.71. The summed E-state index contributed by atoms with van der Waals surface area (Å²) in [6.45, 7) is 0.0233. The van der Waals surface area contributed by atoms with E-state index in [1.165, 1.54) is 11.0 Å². The molecule has 2 aromatic carbocycles. The predicted molar refractivity (Wildman–Crippen MR) is 93.5 cm³/mol. The van der Waals surface area contributed by atoms with Crippen LogP contribution in [-0.4, -0.2) is 29.9 Å². The van der Waals surface area contributed by atoms with Crippen molar-refractivity contribution >= 4 is 29.1 Å². The average Bonchev–Trinajstić information content (AvgIpc) is 2.60. The van der Waals surface area contributed by atoms with E-state index in [-0.39, 0.29) is 37.3 Å². The monoisotopic (exact) mass is 379 g/mol. The fraction of sp³-hybridized carbons (Fsp3) is 0.222. The van der Waals surface area contributed by atoms with Crippen LogP contribution in [-0.2, 0) is 9.59 Å². The highest BCUT2D eigenvalue weighted by atomic mass is 35.5. The van der Waals surface area contributed by atoms with Crippen molar-refractivity contribution in [2.24, 2.45) is 0 Å². The number of nitrogens with zero attached hydrogens (tertiary/aromatic N) is 1. The lowest BCUT2D eigenvalue weighted by atomic mass is 10.0. The van der Waals surface area contributed by atoms with Crippen LogP contribution >= 0.6 is 11.6 Å². The predicted octanol–water partition coefficient (Wildman–Crippen LogP) is 3.08. The molecule has 0 bridgehead atoms. The highest BCUT2D eigenvalue weighted by Crippen LogP contribution is 2.23. The topological polar surface area (TPSA) is 61.4 Å². The SMILES string of the molecule is O=C(CN1CNC(c2ccc(Cl)cc2)CC1=O)Nc1ccc(F)c(F)c1. The summed E-state index contributed by atoms with van der Waals surface area (Å²) in [6.07, 6.45) is 0.208. The summed E-state index contributed by atoms with van der Waals surface area (Å²) in [5, 5.41) is 6.26. The first-order valence-electron chi connectivity index (χ1n) is 7.94. The normalized spacial score (nSPS) is 17.3. The molecular weight excluding hydrogens is 364 g/mol. The molecule has 1 atom stereocenters. The molecule has 136 valence electrons. The summed E-state index contributed by atoms with van der Waals surface area (Å²) in [7, 11) is 0. The molecule has 3 rings (SSSR count). The minimum absolute atomic E-state index is 0.130. The van der Waals surface area contributed by atoms with Crippen molar-refractivity contribution in [3.05, 3.63) is 64.7 Å². The maximum absolute atomic E-state index is 13.2. The number of carbonyl (C=O) groups is 2. The number of amides is 2. The molecule has 1 saturated heterocycles. The minimum Gasteiger partial charge on any atom is -0.324 e. The van der Waals surface area contributed by atoms with Crippen LogP contribution in [0.4, 0.5) is 14.5 Å². The van der Waals surface area contributed by atoms with Gasteiger partial charge in [0.15, 0.2) is 11.6 Å². The van der Waals surface area contributed by atoms with Crippen LogP contribution in [0.1, 0.15) is 18.0 Å². The zero-order valence-corrected chi connectivity index (χ0v) is 14.4. The molecule has 2 amide bonds. The van der Waals surface area contributed by atoms with E-state index in [0.29, 0.717) is 5.02 Å². The molecule has 1 aliphatic rings. The Morgan fingerprint density at radius 3 is 2.58 bits per heavy atom. The Balaban J connectivity index is 1.56. The van der Waals surface area contributed by atoms with E-state index in [9.17, 15) is 18.4 Å². The molecule has 0 saturated carbocycles. The van der Waals surface area contributed by atoms with Gasteiger partial charge in [0.2, 0.25) is 11.8 Å². The van der Waals surface area contributed by atoms with Crippen molar-refractivity contribution in [1.82, 2.24) is 10.2 Å². The van der Waals surface area contributed by atoms with Gasteiger partial charge < -0.3 is 10.2 Å². The number of nitrogens with one attached hydrogen (secondary N) is 2. The molecule has 2 N–H and O–H groups in total. The molecule has 26 heavy (non-hydrogen) atoms. The maximum atomic E-state index is 13.2. The summed E-state index contributed by atoms with van der Waals surface area (Å²) < 4.78 is 26.1. The third-order valence-electron chi connectivity index (χ3n) is 4.07. The van der Waals surface area contributed by atoms with Crippen LogP contribution in [0, 0.1) is 11.6 Å². The molecular formula is C18H16ClF2N3O2. The summed E-state index contributed by atoms with van der Waals surface area (Å²) in [6, 6.07) is 10.1.